The van der Waals surface area contributed by atoms with Crippen molar-refractivity contribution in [1.29, 1.82) is 0 Å². The summed E-state index contributed by atoms with van der Waals surface area (Å²) in [6.45, 7) is 3.97. The first-order valence-corrected chi connectivity index (χ1v) is 5.22. The van der Waals surface area contributed by atoms with Crippen LogP contribution in [0.5, 0.6) is 5.75 Å². The molecule has 0 saturated heterocycles. The van der Waals surface area contributed by atoms with Crippen LogP contribution in [-0.4, -0.2) is 6.61 Å². The first-order chi connectivity index (χ1) is 7.65. The number of nitrogens with two attached hydrogens (primary N) is 1. The molecule has 16 heavy (non-hydrogen) atoms. The molecule has 86 valence electrons. The molecule has 2 nitrogen and oxygen atoms in total. The van der Waals surface area contributed by atoms with Crippen molar-refractivity contribution in [2.75, 3.05) is 6.61 Å². The number of ether oxygens (including phenoxy) is 1. The summed E-state index contributed by atoms with van der Waals surface area (Å²) in [6.07, 6.45) is 0.602. The van der Waals surface area contributed by atoms with Crippen LogP contribution in [0.2, 0.25) is 0 Å². The quantitative estimate of drug-likeness (QED) is 0.626. The third-order valence-electron chi connectivity index (χ3n) is 2.14. The molecule has 0 aliphatic carbocycles. The molecule has 0 bridgehead atoms. The second-order valence-electron chi connectivity index (χ2n) is 3.50. The Hall–Kier alpha value is -1.53. The van der Waals surface area contributed by atoms with E-state index in [9.17, 15) is 4.39 Å². The normalized spacial score (nSPS) is 11.5. The van der Waals surface area contributed by atoms with E-state index in [-0.39, 0.29) is 17.6 Å². The molecule has 0 amide bonds. The van der Waals surface area contributed by atoms with E-state index in [0.29, 0.717) is 13.0 Å². The fraction of sp³-hybridized carbons (Fsp3) is 0.385. The van der Waals surface area contributed by atoms with Crippen LogP contribution < -0.4 is 10.5 Å². The average Bonchev–Trinajstić information content (AvgIpc) is 2.26. The Bertz CT molecular complexity index is 404. The molecule has 0 unspecified atom stereocenters. The molecule has 2 N–H and O–H groups in total. The molecule has 0 radical (unpaired) electrons. The molecule has 0 heterocycles. The molecule has 0 fully saturated rings. The van der Waals surface area contributed by atoms with Gasteiger partial charge in [0, 0.05) is 12.5 Å². The summed E-state index contributed by atoms with van der Waals surface area (Å²) in [4.78, 5) is 0. The van der Waals surface area contributed by atoms with E-state index < -0.39 is 0 Å². The zero-order valence-electron chi connectivity index (χ0n) is 9.59. The predicted molar refractivity (Wildman–Crippen MR) is 62.6 cm³/mol. The van der Waals surface area contributed by atoms with Gasteiger partial charge in [-0.3, -0.25) is 0 Å². The lowest BCUT2D eigenvalue weighted by molar-refractivity contribution is 0.309. The molecule has 1 rings (SSSR count). The van der Waals surface area contributed by atoms with Crippen molar-refractivity contribution in [3.63, 3.8) is 0 Å². The molecular formula is C13H16FNO. The molecule has 0 aromatic heterocycles. The van der Waals surface area contributed by atoms with Gasteiger partial charge in [-0.1, -0.05) is 6.07 Å². The van der Waals surface area contributed by atoms with Crippen molar-refractivity contribution < 1.29 is 9.13 Å². The lowest BCUT2D eigenvalue weighted by Crippen LogP contribution is -2.06. The molecule has 1 atom stereocenters. The third kappa shape index (κ3) is 3.56. The minimum Gasteiger partial charge on any atom is -0.490 e. The Kier molecular flexibility index (Phi) is 4.81. The van der Waals surface area contributed by atoms with Crippen molar-refractivity contribution in [1.82, 2.24) is 0 Å². The first-order valence-electron chi connectivity index (χ1n) is 5.22. The molecule has 0 spiro atoms. The smallest absolute Gasteiger partial charge is 0.165 e. The van der Waals surface area contributed by atoms with Gasteiger partial charge >= 0.3 is 0 Å². The highest BCUT2D eigenvalue weighted by molar-refractivity contribution is 5.30. The van der Waals surface area contributed by atoms with Crippen molar-refractivity contribution in [2.45, 2.75) is 26.3 Å². The second-order valence-corrected chi connectivity index (χ2v) is 3.50. The van der Waals surface area contributed by atoms with Gasteiger partial charge in [0.15, 0.2) is 11.6 Å². The van der Waals surface area contributed by atoms with Gasteiger partial charge in [0.1, 0.15) is 0 Å². The summed E-state index contributed by atoms with van der Waals surface area (Å²) in [5, 5.41) is 0. The van der Waals surface area contributed by atoms with Gasteiger partial charge in [-0.2, -0.15) is 0 Å². The van der Waals surface area contributed by atoms with Gasteiger partial charge in [-0.25, -0.2) is 4.39 Å². The van der Waals surface area contributed by atoms with E-state index in [1.54, 1.807) is 19.1 Å². The maximum atomic E-state index is 13.5. The van der Waals surface area contributed by atoms with E-state index in [0.717, 1.165) is 5.56 Å². The molecule has 0 saturated carbocycles. The number of hydrogen-bond donors (Lipinski definition) is 1. The molecular weight excluding hydrogens is 205 g/mol. The number of halogens is 1. The maximum absolute atomic E-state index is 13.5. The van der Waals surface area contributed by atoms with Gasteiger partial charge in [0.25, 0.3) is 0 Å². The van der Waals surface area contributed by atoms with E-state index >= 15 is 0 Å². The van der Waals surface area contributed by atoms with Crippen LogP contribution in [0.25, 0.3) is 0 Å². The molecule has 0 aliphatic rings. The van der Waals surface area contributed by atoms with E-state index in [1.807, 2.05) is 6.92 Å². The van der Waals surface area contributed by atoms with E-state index in [4.69, 9.17) is 10.5 Å². The Morgan fingerprint density at radius 3 is 2.81 bits per heavy atom. The Morgan fingerprint density at radius 2 is 2.25 bits per heavy atom. The maximum Gasteiger partial charge on any atom is 0.165 e. The van der Waals surface area contributed by atoms with Crippen LogP contribution in [0.1, 0.15) is 31.9 Å². The summed E-state index contributed by atoms with van der Waals surface area (Å²) in [6, 6.07) is 4.61. The number of rotatable bonds is 4. The van der Waals surface area contributed by atoms with Crippen LogP contribution in [0.4, 0.5) is 4.39 Å². The largest absolute Gasteiger partial charge is 0.490 e. The zero-order valence-corrected chi connectivity index (χ0v) is 9.59. The average molecular weight is 221 g/mol. The van der Waals surface area contributed by atoms with Gasteiger partial charge < -0.3 is 10.5 Å². The van der Waals surface area contributed by atoms with Crippen LogP contribution in [-0.2, 0) is 0 Å². The summed E-state index contributed by atoms with van der Waals surface area (Å²) < 4.78 is 18.8. The SMILES string of the molecule is CC#CCCOc1ccc([C@@H](C)N)cc1F. The molecule has 1 aromatic carbocycles. The van der Waals surface area contributed by atoms with Gasteiger partial charge in [0.05, 0.1) is 6.61 Å². The van der Waals surface area contributed by atoms with Crippen molar-refractivity contribution in [3.8, 4) is 17.6 Å². The molecule has 3 heteroatoms. The standard InChI is InChI=1S/C13H16FNO/c1-3-4-5-8-16-13-7-6-11(10(2)15)9-12(13)14/h6-7,9-10H,5,8,15H2,1-2H3/t10-/m1/s1. The minimum atomic E-state index is -0.376. The van der Waals surface area contributed by atoms with Gasteiger partial charge in [-0.15, -0.1) is 11.8 Å². The number of hydrogen-bond acceptors (Lipinski definition) is 2. The molecule has 0 aliphatic heterocycles. The monoisotopic (exact) mass is 221 g/mol. The summed E-state index contributed by atoms with van der Waals surface area (Å²) in [5.41, 5.74) is 6.41. The first kappa shape index (κ1) is 12.5. The van der Waals surface area contributed by atoms with Crippen LogP contribution in [0.15, 0.2) is 18.2 Å². The predicted octanol–water partition coefficient (Wildman–Crippen LogP) is 2.64. The number of benzene rings is 1. The fourth-order valence-corrected chi connectivity index (χ4v) is 1.25. The third-order valence-corrected chi connectivity index (χ3v) is 2.14. The highest BCUT2D eigenvalue weighted by atomic mass is 19.1. The van der Waals surface area contributed by atoms with E-state index in [2.05, 4.69) is 11.8 Å². The van der Waals surface area contributed by atoms with Gasteiger partial charge in [0.2, 0.25) is 0 Å². The van der Waals surface area contributed by atoms with E-state index in [1.165, 1.54) is 6.07 Å². The molecule has 1 aromatic rings. The Labute approximate surface area is 95.6 Å². The Morgan fingerprint density at radius 1 is 1.50 bits per heavy atom. The lowest BCUT2D eigenvalue weighted by atomic mass is 10.1. The Balaban J connectivity index is 2.63. The van der Waals surface area contributed by atoms with Crippen molar-refractivity contribution in [2.24, 2.45) is 5.73 Å². The topological polar surface area (TPSA) is 35.2 Å². The fourth-order valence-electron chi connectivity index (χ4n) is 1.25. The zero-order chi connectivity index (χ0) is 12.0. The minimum absolute atomic E-state index is 0.172. The van der Waals surface area contributed by atoms with Crippen LogP contribution >= 0.6 is 0 Å². The van der Waals surface area contributed by atoms with Crippen LogP contribution in [0.3, 0.4) is 0 Å². The highest BCUT2D eigenvalue weighted by Crippen LogP contribution is 2.21. The van der Waals surface area contributed by atoms with Crippen molar-refractivity contribution in [3.05, 3.63) is 29.6 Å². The summed E-state index contributed by atoms with van der Waals surface area (Å²) in [5.74, 6) is 5.48. The van der Waals surface area contributed by atoms with Gasteiger partial charge in [-0.05, 0) is 31.5 Å². The lowest BCUT2D eigenvalue weighted by Gasteiger charge is -2.09. The van der Waals surface area contributed by atoms with Crippen molar-refractivity contribution >= 4 is 0 Å². The second kappa shape index (κ2) is 6.14. The summed E-state index contributed by atoms with van der Waals surface area (Å²) in [7, 11) is 0. The highest BCUT2D eigenvalue weighted by Gasteiger charge is 2.06. The van der Waals surface area contributed by atoms with Crippen LogP contribution in [0, 0.1) is 17.7 Å². The summed E-state index contributed by atoms with van der Waals surface area (Å²) >= 11 is 0.